The number of thioether (sulfide) groups is 1. The van der Waals surface area contributed by atoms with Crippen LogP contribution in [-0.4, -0.2) is 14.5 Å². The van der Waals surface area contributed by atoms with E-state index in [0.29, 0.717) is 0 Å². The van der Waals surface area contributed by atoms with Crippen molar-refractivity contribution in [2.45, 2.75) is 18.1 Å². The number of rotatable bonds is 2. The third-order valence-electron chi connectivity index (χ3n) is 1.59. The fourth-order valence-corrected chi connectivity index (χ4v) is 4.20. The Kier molecular flexibility index (Phi) is 2.44. The van der Waals surface area contributed by atoms with Crippen LogP contribution in [0.25, 0.3) is 4.96 Å². The monoisotopic (exact) mass is 232 g/mol. The molecule has 0 N–H and O–H groups in total. The minimum absolute atomic E-state index is 0.109. The van der Waals surface area contributed by atoms with Crippen LogP contribution in [0.4, 0.5) is 0 Å². The molecule has 2 aromatic heterocycles. The number of aryl methyl sites for hydroxylation is 1. The number of hydrogen-bond donors (Lipinski definition) is 0. The maximum absolute atomic E-state index is 11.0. The van der Waals surface area contributed by atoms with Gasteiger partial charge in [-0.1, -0.05) is 18.3 Å². The average Bonchev–Trinajstić information content (AvgIpc) is 2.54. The van der Waals surface area contributed by atoms with Gasteiger partial charge in [0.15, 0.2) is 0 Å². The van der Waals surface area contributed by atoms with Gasteiger partial charge < -0.3 is 0 Å². The maximum atomic E-state index is 11.0. The lowest BCUT2D eigenvalue weighted by Gasteiger charge is -1.92. The number of hydrogen-bond acceptors (Lipinski definition) is 5. The van der Waals surface area contributed by atoms with E-state index in [-0.39, 0.29) is 4.87 Å². The molecule has 6 heteroatoms. The van der Waals surface area contributed by atoms with Gasteiger partial charge in [0.1, 0.15) is 0 Å². The zero-order valence-corrected chi connectivity index (χ0v) is 9.68. The van der Waals surface area contributed by atoms with Gasteiger partial charge in [-0.2, -0.15) is 4.98 Å². The fourth-order valence-electron chi connectivity index (χ4n) is 1.04. The molecule has 0 unspecified atom stereocenters. The van der Waals surface area contributed by atoms with Gasteiger partial charge in [0.25, 0.3) is 0 Å². The first kappa shape index (κ1) is 9.23. The highest BCUT2D eigenvalue weighted by Crippen LogP contribution is 2.31. The molecule has 0 aliphatic heterocycles. The minimum Gasteiger partial charge on any atom is -0.253 e. The second-order valence-corrected chi connectivity index (χ2v) is 5.86. The summed E-state index contributed by atoms with van der Waals surface area (Å²) in [6.45, 7) is 4.15. The van der Waals surface area contributed by atoms with Crippen LogP contribution in [0.3, 0.4) is 0 Å². The van der Waals surface area contributed by atoms with Crippen molar-refractivity contribution >= 4 is 39.6 Å². The first-order chi connectivity index (χ1) is 6.22. The van der Waals surface area contributed by atoms with E-state index < -0.39 is 0 Å². The Morgan fingerprint density at radius 1 is 1.62 bits per heavy atom. The average molecular weight is 232 g/mol. The van der Waals surface area contributed by atoms with Gasteiger partial charge in [-0.05, 0) is 12.7 Å². The molecular formula is C7H8N2OS3. The summed E-state index contributed by atoms with van der Waals surface area (Å²) in [5.74, 6) is 1.05. The van der Waals surface area contributed by atoms with Gasteiger partial charge in [0.05, 0.1) is 9.90 Å². The molecule has 0 radical (unpaired) electrons. The van der Waals surface area contributed by atoms with E-state index in [1.54, 1.807) is 23.1 Å². The number of fused-ring (bicyclic) bond motifs is 1. The van der Waals surface area contributed by atoms with Crippen molar-refractivity contribution in [2.75, 3.05) is 5.75 Å². The van der Waals surface area contributed by atoms with Crippen LogP contribution in [0.2, 0.25) is 0 Å². The first-order valence-corrected chi connectivity index (χ1v) is 6.42. The molecule has 0 fully saturated rings. The standard InChI is InChI=1S/C7H8N2OS3/c1-3-11-5-4(2)9-6(12-5)8-7(10)13-9/h3H2,1-2H3. The molecular weight excluding hydrogens is 224 g/mol. The van der Waals surface area contributed by atoms with Crippen molar-refractivity contribution in [3.8, 4) is 0 Å². The fraction of sp³-hybridized carbons (Fsp3) is 0.429. The van der Waals surface area contributed by atoms with E-state index in [2.05, 4.69) is 11.9 Å². The lowest BCUT2D eigenvalue weighted by molar-refractivity contribution is 1.17. The highest BCUT2D eigenvalue weighted by Gasteiger charge is 2.10. The van der Waals surface area contributed by atoms with Crippen molar-refractivity contribution in [2.24, 2.45) is 0 Å². The highest BCUT2D eigenvalue weighted by atomic mass is 32.2. The largest absolute Gasteiger partial charge is 0.345 e. The Morgan fingerprint density at radius 3 is 3.00 bits per heavy atom. The summed E-state index contributed by atoms with van der Waals surface area (Å²) < 4.78 is 3.17. The van der Waals surface area contributed by atoms with E-state index in [4.69, 9.17) is 0 Å². The number of aromatic nitrogens is 2. The summed E-state index contributed by atoms with van der Waals surface area (Å²) in [5, 5.41) is 0. The van der Waals surface area contributed by atoms with Crippen LogP contribution in [0.5, 0.6) is 0 Å². The SMILES string of the molecule is CCSc1sc2nc(=O)sn2c1C. The van der Waals surface area contributed by atoms with Crippen molar-refractivity contribution in [1.29, 1.82) is 0 Å². The molecule has 0 atom stereocenters. The van der Waals surface area contributed by atoms with Gasteiger partial charge in [0.2, 0.25) is 4.96 Å². The van der Waals surface area contributed by atoms with E-state index in [1.165, 1.54) is 15.7 Å². The van der Waals surface area contributed by atoms with E-state index >= 15 is 0 Å². The summed E-state index contributed by atoms with van der Waals surface area (Å²) in [7, 11) is 0. The van der Waals surface area contributed by atoms with Gasteiger partial charge in [-0.3, -0.25) is 4.79 Å². The molecule has 0 aromatic carbocycles. The molecule has 0 amide bonds. The summed E-state index contributed by atoms with van der Waals surface area (Å²) in [5.41, 5.74) is 1.14. The number of nitrogens with zero attached hydrogens (tertiary/aromatic N) is 2. The highest BCUT2D eigenvalue weighted by molar-refractivity contribution is 8.01. The van der Waals surface area contributed by atoms with Gasteiger partial charge in [-0.15, -0.1) is 11.8 Å². The molecule has 0 aliphatic rings. The third kappa shape index (κ3) is 1.53. The predicted molar refractivity (Wildman–Crippen MR) is 58.4 cm³/mol. The second-order valence-electron chi connectivity index (χ2n) is 2.45. The molecule has 0 bridgehead atoms. The molecule has 2 rings (SSSR count). The Labute approximate surface area is 87.6 Å². The molecule has 0 spiro atoms. The summed E-state index contributed by atoms with van der Waals surface area (Å²) in [6, 6.07) is 0. The van der Waals surface area contributed by atoms with Crippen LogP contribution < -0.4 is 4.87 Å². The summed E-state index contributed by atoms with van der Waals surface area (Å²) in [4.78, 5) is 15.6. The Balaban J connectivity index is 2.62. The van der Waals surface area contributed by atoms with Crippen molar-refractivity contribution in [1.82, 2.24) is 8.77 Å². The van der Waals surface area contributed by atoms with Crippen LogP contribution in [-0.2, 0) is 0 Å². The van der Waals surface area contributed by atoms with E-state index in [1.807, 2.05) is 10.7 Å². The Morgan fingerprint density at radius 2 is 2.38 bits per heavy atom. The predicted octanol–water partition coefficient (Wildman–Crippen LogP) is 2.24. The lowest BCUT2D eigenvalue weighted by atomic mass is 10.6. The molecule has 13 heavy (non-hydrogen) atoms. The minimum atomic E-state index is -0.109. The quantitative estimate of drug-likeness (QED) is 0.745. The van der Waals surface area contributed by atoms with Gasteiger partial charge >= 0.3 is 4.87 Å². The Hall–Kier alpha value is -0.330. The molecule has 2 aromatic rings. The van der Waals surface area contributed by atoms with Crippen LogP contribution in [0.15, 0.2) is 9.00 Å². The maximum Gasteiger partial charge on any atom is 0.345 e. The molecule has 2 heterocycles. The third-order valence-corrected chi connectivity index (χ3v) is 4.97. The zero-order valence-electron chi connectivity index (χ0n) is 7.23. The van der Waals surface area contributed by atoms with Gasteiger partial charge in [0, 0.05) is 11.5 Å². The Bertz CT molecular complexity index is 481. The van der Waals surface area contributed by atoms with E-state index in [0.717, 1.165) is 16.4 Å². The molecule has 70 valence electrons. The van der Waals surface area contributed by atoms with Crippen LogP contribution in [0.1, 0.15) is 12.6 Å². The number of thiazole rings is 1. The molecule has 0 aliphatic carbocycles. The van der Waals surface area contributed by atoms with Crippen molar-refractivity contribution in [3.05, 3.63) is 15.4 Å². The zero-order chi connectivity index (χ0) is 9.42. The smallest absolute Gasteiger partial charge is 0.253 e. The van der Waals surface area contributed by atoms with Gasteiger partial charge in [-0.25, -0.2) is 3.79 Å². The molecule has 3 nitrogen and oxygen atoms in total. The first-order valence-electron chi connectivity index (χ1n) is 3.84. The summed E-state index contributed by atoms with van der Waals surface area (Å²) >= 11 is 4.57. The normalized spacial score (nSPS) is 11.2. The lowest BCUT2D eigenvalue weighted by Crippen LogP contribution is -1.89. The molecule has 0 saturated heterocycles. The van der Waals surface area contributed by atoms with Crippen molar-refractivity contribution < 1.29 is 0 Å². The summed E-state index contributed by atoms with van der Waals surface area (Å²) in [6.07, 6.45) is 0. The molecule has 0 saturated carbocycles. The topological polar surface area (TPSA) is 34.4 Å². The second kappa shape index (κ2) is 3.43. The van der Waals surface area contributed by atoms with Crippen molar-refractivity contribution in [3.63, 3.8) is 0 Å². The van der Waals surface area contributed by atoms with Crippen LogP contribution >= 0.6 is 34.6 Å². The van der Waals surface area contributed by atoms with E-state index in [9.17, 15) is 4.79 Å². The van der Waals surface area contributed by atoms with Crippen LogP contribution in [0, 0.1) is 6.92 Å².